The van der Waals surface area contributed by atoms with E-state index in [-0.39, 0.29) is 17.9 Å². The molecule has 0 spiro atoms. The van der Waals surface area contributed by atoms with E-state index in [0.29, 0.717) is 25.6 Å². The van der Waals surface area contributed by atoms with Gasteiger partial charge in [0.15, 0.2) is 5.96 Å². The first-order valence-corrected chi connectivity index (χ1v) is 10.4. The molecule has 0 aromatic rings. The third-order valence-electron chi connectivity index (χ3n) is 5.81. The molecule has 0 saturated carbocycles. The molecule has 1 unspecified atom stereocenters. The lowest BCUT2D eigenvalue weighted by atomic mass is 9.79. The van der Waals surface area contributed by atoms with E-state index in [1.165, 1.54) is 6.42 Å². The summed E-state index contributed by atoms with van der Waals surface area (Å²) < 4.78 is 0. The number of carbonyl (C=O) groups is 1. The number of hydrogen-bond donors (Lipinski definition) is 3. The molecule has 0 bridgehead atoms. The van der Waals surface area contributed by atoms with Gasteiger partial charge in [-0.15, -0.1) is 0 Å². The van der Waals surface area contributed by atoms with Gasteiger partial charge in [-0.1, -0.05) is 13.8 Å². The van der Waals surface area contributed by atoms with E-state index in [1.54, 1.807) is 0 Å². The van der Waals surface area contributed by atoms with Crippen molar-refractivity contribution in [2.45, 2.75) is 78.7 Å². The van der Waals surface area contributed by atoms with Crippen molar-refractivity contribution >= 4 is 11.9 Å². The maximum atomic E-state index is 12.4. The third kappa shape index (κ3) is 7.14. The molecule has 152 valence electrons. The van der Waals surface area contributed by atoms with Gasteiger partial charge in [-0.2, -0.15) is 0 Å². The number of aliphatic imine (C=N–C) groups is 1. The molecular formula is C20H40N4O2. The lowest BCUT2D eigenvalue weighted by Gasteiger charge is -2.33. The molecule has 1 aliphatic heterocycles. The molecule has 6 heteroatoms. The second kappa shape index (κ2) is 12.2. The summed E-state index contributed by atoms with van der Waals surface area (Å²) in [6.07, 6.45) is 6.73. The maximum absolute atomic E-state index is 12.4. The van der Waals surface area contributed by atoms with E-state index >= 15 is 0 Å². The van der Waals surface area contributed by atoms with Crippen molar-refractivity contribution in [1.29, 1.82) is 0 Å². The Hall–Kier alpha value is -1.30. The molecule has 1 fully saturated rings. The van der Waals surface area contributed by atoms with Gasteiger partial charge in [0.2, 0.25) is 5.91 Å². The lowest BCUT2D eigenvalue weighted by Crippen LogP contribution is -2.44. The van der Waals surface area contributed by atoms with Crippen LogP contribution < -0.4 is 10.6 Å². The van der Waals surface area contributed by atoms with Crippen molar-refractivity contribution in [3.05, 3.63) is 0 Å². The highest BCUT2D eigenvalue weighted by atomic mass is 16.3. The number of piperidine rings is 1. The van der Waals surface area contributed by atoms with Gasteiger partial charge in [-0.25, -0.2) is 0 Å². The summed E-state index contributed by atoms with van der Waals surface area (Å²) in [4.78, 5) is 19.2. The van der Waals surface area contributed by atoms with Crippen molar-refractivity contribution in [3.8, 4) is 0 Å². The second-order valence-corrected chi connectivity index (χ2v) is 7.48. The number of rotatable bonds is 10. The van der Waals surface area contributed by atoms with Crippen LogP contribution in [0.15, 0.2) is 4.99 Å². The number of hydrogen-bond acceptors (Lipinski definition) is 3. The highest BCUT2D eigenvalue weighted by molar-refractivity contribution is 5.81. The molecule has 26 heavy (non-hydrogen) atoms. The summed E-state index contributed by atoms with van der Waals surface area (Å²) >= 11 is 0. The molecule has 1 aliphatic rings. The lowest BCUT2D eigenvalue weighted by molar-refractivity contribution is -0.134. The van der Waals surface area contributed by atoms with E-state index in [9.17, 15) is 9.90 Å². The number of nitrogens with one attached hydrogen (secondary N) is 2. The van der Waals surface area contributed by atoms with Crippen LogP contribution in [0.4, 0.5) is 0 Å². The van der Waals surface area contributed by atoms with Gasteiger partial charge in [-0.05, 0) is 57.8 Å². The van der Waals surface area contributed by atoms with Crippen molar-refractivity contribution < 1.29 is 9.90 Å². The summed E-state index contributed by atoms with van der Waals surface area (Å²) in [5, 5.41) is 15.9. The van der Waals surface area contributed by atoms with Gasteiger partial charge in [0, 0.05) is 45.2 Å². The molecule has 0 aliphatic carbocycles. The number of likely N-dealkylation sites (tertiary alicyclic amines) is 1. The third-order valence-corrected chi connectivity index (χ3v) is 5.81. The molecule has 3 N–H and O–H groups in total. The van der Waals surface area contributed by atoms with Crippen LogP contribution in [-0.4, -0.2) is 60.7 Å². The summed E-state index contributed by atoms with van der Waals surface area (Å²) in [5.74, 6) is 0.994. The van der Waals surface area contributed by atoms with Crippen molar-refractivity contribution in [3.63, 3.8) is 0 Å². The number of aliphatic hydroxyl groups is 1. The molecule has 1 saturated heterocycles. The Morgan fingerprint density at radius 3 is 2.54 bits per heavy atom. The Balaban J connectivity index is 2.54. The van der Waals surface area contributed by atoms with E-state index in [1.807, 2.05) is 11.8 Å². The summed E-state index contributed by atoms with van der Waals surface area (Å²) in [6, 6.07) is 0.367. The van der Waals surface area contributed by atoms with Crippen LogP contribution in [0, 0.1) is 5.41 Å². The molecule has 1 amide bonds. The highest BCUT2D eigenvalue weighted by Crippen LogP contribution is 2.30. The predicted octanol–water partition coefficient (Wildman–Crippen LogP) is 2.52. The SMILES string of the molecule is CCNC(=NCC(CC)(CC)CCO)NCCC(=O)N1CCCCC1C. The topological polar surface area (TPSA) is 77.0 Å². The standard InChI is InChI=1S/C20H40N4O2/c1-5-20(6-2,12-15-25)16-23-19(21-7-3)22-13-11-18(26)24-14-9-8-10-17(24)4/h17,25H,5-16H2,1-4H3,(H2,21,22,23). The first-order valence-electron chi connectivity index (χ1n) is 10.4. The summed E-state index contributed by atoms with van der Waals surface area (Å²) in [7, 11) is 0. The minimum atomic E-state index is 0.0517. The average molecular weight is 369 g/mol. The van der Waals surface area contributed by atoms with Crippen LogP contribution in [-0.2, 0) is 4.79 Å². The Kier molecular flexibility index (Phi) is 10.6. The molecule has 1 rings (SSSR count). The largest absolute Gasteiger partial charge is 0.396 e. The monoisotopic (exact) mass is 368 g/mol. The van der Waals surface area contributed by atoms with Crippen LogP contribution >= 0.6 is 0 Å². The summed E-state index contributed by atoms with van der Waals surface area (Å²) in [5.41, 5.74) is 0.0517. The second-order valence-electron chi connectivity index (χ2n) is 7.48. The number of nitrogens with zero attached hydrogens (tertiary/aromatic N) is 2. The average Bonchev–Trinajstić information content (AvgIpc) is 2.65. The van der Waals surface area contributed by atoms with Crippen LogP contribution in [0.3, 0.4) is 0 Å². The maximum Gasteiger partial charge on any atom is 0.224 e. The Morgan fingerprint density at radius 2 is 1.96 bits per heavy atom. The first kappa shape index (κ1) is 22.7. The van der Waals surface area contributed by atoms with E-state index in [0.717, 1.165) is 51.2 Å². The molecule has 0 radical (unpaired) electrons. The molecule has 1 atom stereocenters. The number of carbonyl (C=O) groups excluding carboxylic acids is 1. The minimum absolute atomic E-state index is 0.0517. The Bertz CT molecular complexity index is 436. The smallest absolute Gasteiger partial charge is 0.224 e. The van der Waals surface area contributed by atoms with Gasteiger partial charge < -0.3 is 20.6 Å². The van der Waals surface area contributed by atoms with E-state index < -0.39 is 0 Å². The molecule has 0 aromatic carbocycles. The first-order chi connectivity index (χ1) is 12.5. The fraction of sp³-hybridized carbons (Fsp3) is 0.900. The van der Waals surface area contributed by atoms with E-state index in [2.05, 4.69) is 31.4 Å². The molecule has 0 aromatic heterocycles. The number of amides is 1. The minimum Gasteiger partial charge on any atom is -0.396 e. The number of guanidine groups is 1. The Labute approximate surface area is 159 Å². The predicted molar refractivity (Wildman–Crippen MR) is 108 cm³/mol. The van der Waals surface area contributed by atoms with Crippen molar-refractivity contribution in [1.82, 2.24) is 15.5 Å². The fourth-order valence-electron chi connectivity index (χ4n) is 3.63. The van der Waals surface area contributed by atoms with Crippen molar-refractivity contribution in [2.75, 3.05) is 32.8 Å². The zero-order valence-corrected chi connectivity index (χ0v) is 17.3. The quantitative estimate of drug-likeness (QED) is 0.409. The molecule has 6 nitrogen and oxygen atoms in total. The zero-order chi connectivity index (χ0) is 19.4. The normalized spacial score (nSPS) is 18.7. The van der Waals surface area contributed by atoms with Gasteiger partial charge >= 0.3 is 0 Å². The number of aliphatic hydroxyl groups excluding tert-OH is 1. The van der Waals surface area contributed by atoms with Crippen LogP contribution in [0.1, 0.15) is 72.6 Å². The fourth-order valence-corrected chi connectivity index (χ4v) is 3.63. The molecule has 1 heterocycles. The van der Waals surface area contributed by atoms with Crippen molar-refractivity contribution in [2.24, 2.45) is 10.4 Å². The van der Waals surface area contributed by atoms with E-state index in [4.69, 9.17) is 4.99 Å². The van der Waals surface area contributed by atoms with Gasteiger partial charge in [0.1, 0.15) is 0 Å². The van der Waals surface area contributed by atoms with Gasteiger partial charge in [0.25, 0.3) is 0 Å². The van der Waals surface area contributed by atoms with Crippen LogP contribution in [0.5, 0.6) is 0 Å². The summed E-state index contributed by atoms with van der Waals surface area (Å²) in [6.45, 7) is 11.7. The Morgan fingerprint density at radius 1 is 1.23 bits per heavy atom. The van der Waals surface area contributed by atoms with Crippen LogP contribution in [0.25, 0.3) is 0 Å². The molecular weight excluding hydrogens is 328 g/mol. The zero-order valence-electron chi connectivity index (χ0n) is 17.3. The van der Waals surface area contributed by atoms with Crippen LogP contribution in [0.2, 0.25) is 0 Å². The van der Waals surface area contributed by atoms with Gasteiger partial charge in [-0.3, -0.25) is 9.79 Å². The van der Waals surface area contributed by atoms with Gasteiger partial charge in [0.05, 0.1) is 0 Å². The highest BCUT2D eigenvalue weighted by Gasteiger charge is 2.25.